The first-order valence-corrected chi connectivity index (χ1v) is 11.7. The average molecular weight is 440 g/mol. The summed E-state index contributed by atoms with van der Waals surface area (Å²) in [5.41, 5.74) is 2.21. The zero-order chi connectivity index (χ0) is 21.8. The van der Waals surface area contributed by atoms with Gasteiger partial charge in [-0.1, -0.05) is 29.5 Å². The fraction of sp³-hybridized carbons (Fsp3) is 0.455. The van der Waals surface area contributed by atoms with Gasteiger partial charge in [-0.25, -0.2) is 4.68 Å². The Morgan fingerprint density at radius 3 is 2.55 bits per heavy atom. The number of carbonyl (C=O) groups excluding carboxylic acids is 1. The zero-order valence-corrected chi connectivity index (χ0v) is 19.1. The summed E-state index contributed by atoms with van der Waals surface area (Å²) in [5, 5.41) is 16.9. The molecule has 2 aromatic heterocycles. The molecule has 31 heavy (non-hydrogen) atoms. The van der Waals surface area contributed by atoms with E-state index in [1.54, 1.807) is 10.9 Å². The summed E-state index contributed by atoms with van der Waals surface area (Å²) in [5.74, 6) is 1.71. The lowest BCUT2D eigenvalue weighted by molar-refractivity contribution is -0.113. The van der Waals surface area contributed by atoms with Crippen molar-refractivity contribution < 1.29 is 4.79 Å². The smallest absolute Gasteiger partial charge is 0.235 e. The summed E-state index contributed by atoms with van der Waals surface area (Å²) in [4.78, 5) is 14.9. The first kappa shape index (κ1) is 21.4. The highest BCUT2D eigenvalue weighted by molar-refractivity contribution is 7.99. The van der Waals surface area contributed by atoms with E-state index in [0.717, 1.165) is 42.7 Å². The zero-order valence-electron chi connectivity index (χ0n) is 18.3. The van der Waals surface area contributed by atoms with Gasteiger partial charge in [-0.3, -0.25) is 9.36 Å². The predicted molar refractivity (Wildman–Crippen MR) is 124 cm³/mol. The van der Waals surface area contributed by atoms with Crippen LogP contribution < -0.4 is 10.2 Å². The van der Waals surface area contributed by atoms with Gasteiger partial charge in [0.25, 0.3) is 0 Å². The Balaban J connectivity index is 1.53. The summed E-state index contributed by atoms with van der Waals surface area (Å²) in [6.07, 6.45) is 5.27. The van der Waals surface area contributed by atoms with Gasteiger partial charge in [0.2, 0.25) is 11.9 Å². The summed E-state index contributed by atoms with van der Waals surface area (Å²) in [6, 6.07) is 10.3. The van der Waals surface area contributed by atoms with Gasteiger partial charge in [0.15, 0.2) is 5.16 Å². The normalized spacial score (nSPS) is 14.3. The lowest BCUT2D eigenvalue weighted by Crippen LogP contribution is -2.31. The standard InChI is InChI=1S/C22H29N7OS/c1-16(2)29-19(11-12-23-29)24-20(30)15-31-22-26-25-21(27-13-5-4-6-14-27)28(22)18-9-7-17(3)8-10-18/h7-12,16H,4-6,13-15H2,1-3H3,(H,24,30). The number of thioether (sulfide) groups is 1. The van der Waals surface area contributed by atoms with E-state index >= 15 is 0 Å². The Hall–Kier alpha value is -2.81. The number of aryl methyl sites for hydroxylation is 1. The van der Waals surface area contributed by atoms with Crippen molar-refractivity contribution in [2.45, 2.75) is 51.2 Å². The fourth-order valence-corrected chi connectivity index (χ4v) is 4.46. The van der Waals surface area contributed by atoms with Gasteiger partial charge in [0.1, 0.15) is 5.82 Å². The first-order chi connectivity index (χ1) is 15.0. The molecule has 4 rings (SSSR count). The molecule has 1 amide bonds. The molecular weight excluding hydrogens is 410 g/mol. The topological polar surface area (TPSA) is 80.9 Å². The molecule has 0 unspecified atom stereocenters. The Labute approximate surface area is 187 Å². The third kappa shape index (κ3) is 4.92. The molecule has 164 valence electrons. The second-order valence-electron chi connectivity index (χ2n) is 8.09. The monoisotopic (exact) mass is 439 g/mol. The molecule has 1 N–H and O–H groups in total. The number of carbonyl (C=O) groups is 1. The van der Waals surface area contributed by atoms with Crippen LogP contribution in [0.5, 0.6) is 0 Å². The van der Waals surface area contributed by atoms with Gasteiger partial charge in [0.05, 0.1) is 17.6 Å². The van der Waals surface area contributed by atoms with E-state index < -0.39 is 0 Å². The maximum Gasteiger partial charge on any atom is 0.235 e. The molecule has 0 atom stereocenters. The number of nitrogens with one attached hydrogen (secondary N) is 1. The highest BCUT2D eigenvalue weighted by atomic mass is 32.2. The number of piperidine rings is 1. The van der Waals surface area contributed by atoms with Crippen LogP contribution in [0.2, 0.25) is 0 Å². The number of hydrogen-bond acceptors (Lipinski definition) is 6. The Bertz CT molecular complexity index is 1020. The molecule has 0 bridgehead atoms. The Morgan fingerprint density at radius 1 is 1.10 bits per heavy atom. The molecule has 0 saturated carbocycles. The predicted octanol–water partition coefficient (Wildman–Crippen LogP) is 4.07. The van der Waals surface area contributed by atoms with Crippen molar-refractivity contribution in [2.75, 3.05) is 29.1 Å². The van der Waals surface area contributed by atoms with E-state index in [1.165, 1.54) is 23.7 Å². The van der Waals surface area contributed by atoms with E-state index in [2.05, 4.69) is 61.3 Å². The van der Waals surface area contributed by atoms with Gasteiger partial charge in [-0.15, -0.1) is 10.2 Å². The van der Waals surface area contributed by atoms with Gasteiger partial charge < -0.3 is 10.2 Å². The van der Waals surface area contributed by atoms with Crippen LogP contribution in [-0.4, -0.2) is 49.3 Å². The third-order valence-corrected chi connectivity index (χ3v) is 6.24. The molecule has 1 aliphatic rings. The molecule has 9 heteroatoms. The van der Waals surface area contributed by atoms with Gasteiger partial charge in [-0.2, -0.15) is 5.10 Å². The van der Waals surface area contributed by atoms with Gasteiger partial charge in [0, 0.05) is 25.2 Å². The molecule has 3 heterocycles. The van der Waals surface area contributed by atoms with Crippen molar-refractivity contribution in [3.05, 3.63) is 42.1 Å². The summed E-state index contributed by atoms with van der Waals surface area (Å²) >= 11 is 1.40. The minimum atomic E-state index is -0.0922. The molecular formula is C22H29N7OS. The van der Waals surface area contributed by atoms with Crippen molar-refractivity contribution >= 4 is 29.4 Å². The lowest BCUT2D eigenvalue weighted by atomic mass is 10.1. The van der Waals surface area contributed by atoms with E-state index in [-0.39, 0.29) is 17.7 Å². The average Bonchev–Trinajstić information content (AvgIpc) is 3.40. The third-order valence-electron chi connectivity index (χ3n) is 5.31. The van der Waals surface area contributed by atoms with Gasteiger partial charge in [-0.05, 0) is 52.2 Å². The lowest BCUT2D eigenvalue weighted by Gasteiger charge is -2.27. The van der Waals surface area contributed by atoms with Gasteiger partial charge >= 0.3 is 0 Å². The van der Waals surface area contributed by atoms with E-state index in [9.17, 15) is 4.79 Å². The number of aromatic nitrogens is 5. The van der Waals surface area contributed by atoms with Crippen LogP contribution in [0.15, 0.2) is 41.7 Å². The molecule has 3 aromatic rings. The number of rotatable bonds is 7. The number of anilines is 2. The number of amides is 1. The highest BCUT2D eigenvalue weighted by Crippen LogP contribution is 2.28. The minimum absolute atomic E-state index is 0.0922. The summed E-state index contributed by atoms with van der Waals surface area (Å²) < 4.78 is 3.87. The van der Waals surface area contributed by atoms with Crippen LogP contribution in [-0.2, 0) is 4.79 Å². The van der Waals surface area contributed by atoms with Crippen LogP contribution in [0, 0.1) is 6.92 Å². The van der Waals surface area contributed by atoms with E-state index in [1.807, 2.05) is 19.9 Å². The van der Waals surface area contributed by atoms with Crippen molar-refractivity contribution in [1.82, 2.24) is 24.5 Å². The number of hydrogen-bond donors (Lipinski definition) is 1. The second-order valence-corrected chi connectivity index (χ2v) is 9.04. The summed E-state index contributed by atoms with van der Waals surface area (Å²) in [6.45, 7) is 8.10. The van der Waals surface area contributed by atoms with Crippen LogP contribution in [0.4, 0.5) is 11.8 Å². The molecule has 0 aliphatic carbocycles. The molecule has 1 fully saturated rings. The fourth-order valence-electron chi connectivity index (χ4n) is 3.71. The van der Waals surface area contributed by atoms with E-state index in [4.69, 9.17) is 0 Å². The maximum atomic E-state index is 12.6. The van der Waals surface area contributed by atoms with Crippen molar-refractivity contribution in [3.63, 3.8) is 0 Å². The van der Waals surface area contributed by atoms with Crippen molar-refractivity contribution in [3.8, 4) is 5.69 Å². The largest absolute Gasteiger partial charge is 0.341 e. The van der Waals surface area contributed by atoms with Crippen molar-refractivity contribution in [1.29, 1.82) is 0 Å². The molecule has 1 aromatic carbocycles. The maximum absolute atomic E-state index is 12.6. The van der Waals surface area contributed by atoms with Crippen LogP contribution in [0.25, 0.3) is 5.69 Å². The number of nitrogens with zero attached hydrogens (tertiary/aromatic N) is 6. The molecule has 1 aliphatic heterocycles. The summed E-state index contributed by atoms with van der Waals surface area (Å²) in [7, 11) is 0. The molecule has 8 nitrogen and oxygen atoms in total. The van der Waals surface area contributed by atoms with Crippen LogP contribution in [0.3, 0.4) is 0 Å². The van der Waals surface area contributed by atoms with Crippen LogP contribution in [0.1, 0.15) is 44.7 Å². The van der Waals surface area contributed by atoms with Crippen molar-refractivity contribution in [2.24, 2.45) is 0 Å². The SMILES string of the molecule is Cc1ccc(-n2c(SCC(=O)Nc3ccnn3C(C)C)nnc2N2CCCCC2)cc1. The van der Waals surface area contributed by atoms with E-state index in [0.29, 0.717) is 5.82 Å². The Morgan fingerprint density at radius 2 is 1.84 bits per heavy atom. The van der Waals surface area contributed by atoms with Crippen LogP contribution >= 0.6 is 11.8 Å². The molecule has 0 radical (unpaired) electrons. The highest BCUT2D eigenvalue weighted by Gasteiger charge is 2.22. The quantitative estimate of drug-likeness (QED) is 0.559. The molecule has 0 spiro atoms. The first-order valence-electron chi connectivity index (χ1n) is 10.8. The molecule has 1 saturated heterocycles. The Kier molecular flexibility index (Phi) is 6.60. The minimum Gasteiger partial charge on any atom is -0.341 e. The second kappa shape index (κ2) is 9.55. The number of benzene rings is 1.